The average molecular weight is 392 g/mol. The zero-order valence-corrected chi connectivity index (χ0v) is 15.9. The van der Waals surface area contributed by atoms with Gasteiger partial charge in [-0.05, 0) is 29.8 Å². The van der Waals surface area contributed by atoms with Gasteiger partial charge < -0.3 is 4.74 Å². The number of sulfonamides is 1. The van der Waals surface area contributed by atoms with Crippen molar-refractivity contribution < 1.29 is 13.2 Å². The molecule has 1 N–H and O–H groups in total. The van der Waals surface area contributed by atoms with E-state index in [1.165, 1.54) is 0 Å². The first-order valence-electron chi connectivity index (χ1n) is 7.80. The van der Waals surface area contributed by atoms with Gasteiger partial charge in [0.15, 0.2) is 5.15 Å². The van der Waals surface area contributed by atoms with Gasteiger partial charge in [0, 0.05) is 18.2 Å². The second-order valence-corrected chi connectivity index (χ2v) is 7.97. The Labute approximate surface area is 157 Å². The monoisotopic (exact) mass is 391 g/mol. The third-order valence-corrected chi connectivity index (χ3v) is 4.64. The van der Waals surface area contributed by atoms with Crippen molar-refractivity contribution in [2.24, 2.45) is 0 Å². The van der Waals surface area contributed by atoms with Crippen LogP contribution in [0.5, 0.6) is 5.75 Å². The van der Waals surface area contributed by atoms with Gasteiger partial charge in [-0.2, -0.15) is 5.10 Å². The molecule has 2 aromatic carbocycles. The Hall–Kier alpha value is -2.35. The van der Waals surface area contributed by atoms with Crippen molar-refractivity contribution in [3.63, 3.8) is 0 Å². The molecule has 3 rings (SSSR count). The van der Waals surface area contributed by atoms with E-state index in [-0.39, 0.29) is 6.54 Å². The molecule has 0 spiro atoms. The molecule has 0 bridgehead atoms. The molecular weight excluding hydrogens is 374 g/mol. The Morgan fingerprint density at radius 1 is 1.12 bits per heavy atom. The predicted octanol–water partition coefficient (Wildman–Crippen LogP) is 3.25. The molecule has 0 aliphatic rings. The van der Waals surface area contributed by atoms with Crippen LogP contribution in [0.4, 0.5) is 0 Å². The minimum absolute atomic E-state index is 0.248. The second kappa shape index (κ2) is 7.49. The Kier molecular flexibility index (Phi) is 5.31. The van der Waals surface area contributed by atoms with Crippen LogP contribution < -0.4 is 9.46 Å². The summed E-state index contributed by atoms with van der Waals surface area (Å²) in [6, 6.07) is 16.9. The molecule has 6 nitrogen and oxygen atoms in total. The zero-order chi connectivity index (χ0) is 18.7. The molecule has 8 heteroatoms. The summed E-state index contributed by atoms with van der Waals surface area (Å²) in [6.07, 6.45) is 1.14. The quantitative estimate of drug-likeness (QED) is 0.700. The zero-order valence-electron chi connectivity index (χ0n) is 14.3. The maximum atomic E-state index is 11.2. The molecule has 0 saturated heterocycles. The van der Waals surface area contributed by atoms with Gasteiger partial charge in [-0.25, -0.2) is 17.8 Å². The van der Waals surface area contributed by atoms with Crippen molar-refractivity contribution in [2.45, 2.75) is 6.54 Å². The van der Waals surface area contributed by atoms with Crippen molar-refractivity contribution in [2.75, 3.05) is 13.4 Å². The molecule has 26 heavy (non-hydrogen) atoms. The molecule has 3 aromatic rings. The number of nitrogens with zero attached hydrogens (tertiary/aromatic N) is 2. The van der Waals surface area contributed by atoms with E-state index in [1.54, 1.807) is 17.9 Å². The van der Waals surface area contributed by atoms with Crippen LogP contribution in [0.2, 0.25) is 5.15 Å². The maximum Gasteiger partial charge on any atom is 0.209 e. The van der Waals surface area contributed by atoms with E-state index in [0.29, 0.717) is 5.15 Å². The van der Waals surface area contributed by atoms with E-state index in [2.05, 4.69) is 9.82 Å². The molecule has 136 valence electrons. The molecule has 0 saturated carbocycles. The summed E-state index contributed by atoms with van der Waals surface area (Å²) < 4.78 is 31.8. The normalized spacial score (nSPS) is 11.5. The molecule has 0 unspecified atom stereocenters. The van der Waals surface area contributed by atoms with E-state index in [0.717, 1.165) is 34.5 Å². The van der Waals surface area contributed by atoms with Gasteiger partial charge in [-0.15, -0.1) is 0 Å². The van der Waals surface area contributed by atoms with Crippen molar-refractivity contribution in [3.05, 3.63) is 65.3 Å². The smallest absolute Gasteiger partial charge is 0.209 e. The van der Waals surface area contributed by atoms with E-state index < -0.39 is 10.0 Å². The van der Waals surface area contributed by atoms with Gasteiger partial charge in [-0.3, -0.25) is 0 Å². The van der Waals surface area contributed by atoms with Crippen molar-refractivity contribution >= 4 is 21.6 Å². The van der Waals surface area contributed by atoms with Gasteiger partial charge in [0.1, 0.15) is 5.75 Å². The van der Waals surface area contributed by atoms with Crippen molar-refractivity contribution in [1.82, 2.24) is 14.5 Å². The summed E-state index contributed by atoms with van der Waals surface area (Å²) in [5.74, 6) is 0.760. The molecule has 0 atom stereocenters. The minimum Gasteiger partial charge on any atom is -0.497 e. The van der Waals surface area contributed by atoms with Gasteiger partial charge in [0.05, 0.1) is 24.7 Å². The lowest BCUT2D eigenvalue weighted by Gasteiger charge is -2.09. The van der Waals surface area contributed by atoms with Gasteiger partial charge in [0.25, 0.3) is 0 Å². The van der Waals surface area contributed by atoms with Gasteiger partial charge >= 0.3 is 0 Å². The van der Waals surface area contributed by atoms with E-state index >= 15 is 0 Å². The SMILES string of the molecule is COc1ccc(-n2nc(Cl)cc2-c2ccc(CNS(C)(=O)=O)cc2)cc1. The van der Waals surface area contributed by atoms with Crippen LogP contribution in [0.25, 0.3) is 16.9 Å². The number of hydrogen-bond acceptors (Lipinski definition) is 4. The summed E-state index contributed by atoms with van der Waals surface area (Å²) in [7, 11) is -1.61. The van der Waals surface area contributed by atoms with Crippen LogP contribution in [0, 0.1) is 0 Å². The highest BCUT2D eigenvalue weighted by molar-refractivity contribution is 7.88. The highest BCUT2D eigenvalue weighted by Gasteiger charge is 2.11. The fraction of sp³-hybridized carbons (Fsp3) is 0.167. The first-order chi connectivity index (χ1) is 12.4. The number of halogens is 1. The minimum atomic E-state index is -3.22. The molecule has 0 aliphatic carbocycles. The fourth-order valence-corrected chi connectivity index (χ4v) is 3.09. The summed E-state index contributed by atoms with van der Waals surface area (Å²) in [4.78, 5) is 0. The fourth-order valence-electron chi connectivity index (χ4n) is 2.49. The first kappa shape index (κ1) is 18.4. The van der Waals surface area contributed by atoms with E-state index in [4.69, 9.17) is 16.3 Å². The molecular formula is C18H18ClN3O3S. The van der Waals surface area contributed by atoms with Gasteiger partial charge in [-0.1, -0.05) is 35.9 Å². The molecule has 0 radical (unpaired) electrons. The highest BCUT2D eigenvalue weighted by atomic mass is 35.5. The number of ether oxygens (including phenoxy) is 1. The summed E-state index contributed by atoms with van der Waals surface area (Å²) in [5, 5.41) is 4.74. The van der Waals surface area contributed by atoms with Crippen LogP contribution in [-0.2, 0) is 16.6 Å². The Balaban J connectivity index is 1.89. The van der Waals surface area contributed by atoms with E-state index in [9.17, 15) is 8.42 Å². The van der Waals surface area contributed by atoms with Crippen LogP contribution >= 0.6 is 11.6 Å². The third-order valence-electron chi connectivity index (χ3n) is 3.78. The Morgan fingerprint density at radius 2 is 1.77 bits per heavy atom. The number of aromatic nitrogens is 2. The lowest BCUT2D eigenvalue weighted by molar-refractivity contribution is 0.414. The predicted molar refractivity (Wildman–Crippen MR) is 102 cm³/mol. The van der Waals surface area contributed by atoms with Gasteiger partial charge in [0.2, 0.25) is 10.0 Å². The van der Waals surface area contributed by atoms with Crippen LogP contribution in [0.1, 0.15) is 5.56 Å². The second-order valence-electron chi connectivity index (χ2n) is 5.75. The first-order valence-corrected chi connectivity index (χ1v) is 10.1. The number of methoxy groups -OCH3 is 1. The van der Waals surface area contributed by atoms with Crippen LogP contribution in [0.3, 0.4) is 0 Å². The largest absolute Gasteiger partial charge is 0.497 e. The van der Waals surface area contributed by atoms with Crippen LogP contribution in [0.15, 0.2) is 54.6 Å². The number of rotatable bonds is 6. The Morgan fingerprint density at radius 3 is 2.35 bits per heavy atom. The van der Waals surface area contributed by atoms with Crippen molar-refractivity contribution in [1.29, 1.82) is 0 Å². The standard InChI is InChI=1S/C18H18ClN3O3S/c1-25-16-9-7-15(8-10-16)22-17(11-18(19)21-22)14-5-3-13(4-6-14)12-20-26(2,23)24/h3-11,20H,12H2,1-2H3. The number of nitrogens with one attached hydrogen (secondary N) is 1. The Bertz CT molecular complexity index is 997. The van der Waals surface area contributed by atoms with E-state index in [1.807, 2.05) is 48.5 Å². The molecule has 0 amide bonds. The number of benzene rings is 2. The molecule has 1 heterocycles. The summed E-state index contributed by atoms with van der Waals surface area (Å²) in [6.45, 7) is 0.248. The lowest BCUT2D eigenvalue weighted by atomic mass is 10.1. The summed E-state index contributed by atoms with van der Waals surface area (Å²) in [5.41, 5.74) is 3.47. The van der Waals surface area contributed by atoms with Crippen LogP contribution in [-0.4, -0.2) is 31.6 Å². The van der Waals surface area contributed by atoms with Crippen molar-refractivity contribution in [3.8, 4) is 22.7 Å². The topological polar surface area (TPSA) is 73.2 Å². The molecule has 0 aliphatic heterocycles. The number of hydrogen-bond donors (Lipinski definition) is 1. The maximum absolute atomic E-state index is 11.2. The highest BCUT2D eigenvalue weighted by Crippen LogP contribution is 2.27. The molecule has 0 fully saturated rings. The average Bonchev–Trinajstić information content (AvgIpc) is 3.01. The third kappa shape index (κ3) is 4.43. The summed E-state index contributed by atoms with van der Waals surface area (Å²) >= 11 is 6.12. The molecule has 1 aromatic heterocycles. The lowest BCUT2D eigenvalue weighted by Crippen LogP contribution is -2.21.